The third-order valence-electron chi connectivity index (χ3n) is 10.3. The highest BCUT2D eigenvalue weighted by Crippen LogP contribution is 2.35. The number of para-hydroxylation sites is 4. The highest BCUT2D eigenvalue weighted by molar-refractivity contribution is 5.82. The molecule has 0 spiro atoms. The zero-order valence-corrected chi connectivity index (χ0v) is 34.8. The molecule has 0 aliphatic rings. The summed E-state index contributed by atoms with van der Waals surface area (Å²) < 4.78 is 53.6. The zero-order chi connectivity index (χ0) is 45.0. The minimum absolute atomic E-state index is 0.0330. The number of aryl methyl sites for hydroxylation is 3. The minimum atomic E-state index is -4.57. The van der Waals surface area contributed by atoms with Crippen molar-refractivity contribution in [2.75, 3.05) is 14.2 Å². The highest BCUT2D eigenvalue weighted by Gasteiger charge is 2.33. The van der Waals surface area contributed by atoms with Crippen LogP contribution in [0.4, 0.5) is 13.2 Å². The Morgan fingerprint density at radius 1 is 0.571 bits per heavy atom. The summed E-state index contributed by atoms with van der Waals surface area (Å²) in [5, 5.41) is 21.6. The predicted molar refractivity (Wildman–Crippen MR) is 241 cm³/mol. The van der Waals surface area contributed by atoms with Crippen molar-refractivity contribution in [2.45, 2.75) is 26.9 Å². The monoisotopic (exact) mass is 850 g/mol. The van der Waals surface area contributed by atoms with Gasteiger partial charge in [0.05, 0.1) is 53.0 Å². The molecule has 318 valence electrons. The lowest BCUT2D eigenvalue weighted by molar-refractivity contribution is -0.138. The smallest absolute Gasteiger partial charge is 0.416 e. The van der Waals surface area contributed by atoms with E-state index in [9.17, 15) is 33.0 Å². The van der Waals surface area contributed by atoms with E-state index >= 15 is 0 Å². The maximum absolute atomic E-state index is 13.5. The molecule has 2 aromatic heterocycles. The Morgan fingerprint density at radius 3 is 1.59 bits per heavy atom. The van der Waals surface area contributed by atoms with Crippen LogP contribution in [0.5, 0.6) is 23.0 Å². The number of ether oxygens (including phenoxy) is 2. The molecule has 8 rings (SSSR count). The first kappa shape index (κ1) is 43.2. The molecule has 0 radical (unpaired) electrons. The van der Waals surface area contributed by atoms with Gasteiger partial charge >= 0.3 is 6.18 Å². The number of nitrogens with zero attached hydrogens (tertiary/aromatic N) is 4. The summed E-state index contributed by atoms with van der Waals surface area (Å²) >= 11 is 0. The van der Waals surface area contributed by atoms with Gasteiger partial charge in [0.15, 0.2) is 23.0 Å². The molecule has 8 aromatic rings. The van der Waals surface area contributed by atoms with Crippen molar-refractivity contribution in [3.63, 3.8) is 0 Å². The van der Waals surface area contributed by atoms with Crippen LogP contribution in [0, 0.1) is 20.8 Å². The lowest BCUT2D eigenvalue weighted by atomic mass is 10.1. The third kappa shape index (κ3) is 8.94. The average Bonchev–Trinajstić information content (AvgIpc) is 3.27. The molecule has 63 heavy (non-hydrogen) atoms. The maximum Gasteiger partial charge on any atom is 0.416 e. The Bertz CT molecular complexity index is 3210. The number of fused-ring (bicyclic) bond motifs is 2. The van der Waals surface area contributed by atoms with Crippen LogP contribution in [0.3, 0.4) is 0 Å². The van der Waals surface area contributed by atoms with Gasteiger partial charge in [0.1, 0.15) is 11.6 Å². The number of benzene rings is 6. The maximum atomic E-state index is 13.5. The first-order chi connectivity index (χ1) is 30.2. The summed E-state index contributed by atoms with van der Waals surface area (Å²) in [4.78, 5) is 36.0. The summed E-state index contributed by atoms with van der Waals surface area (Å²) in [6, 6.07) is 33.7. The normalized spacial score (nSPS) is 11.6. The number of aromatic hydroxyl groups is 2. The van der Waals surface area contributed by atoms with E-state index in [-0.39, 0.29) is 45.3 Å². The Labute approximate surface area is 359 Å². The summed E-state index contributed by atoms with van der Waals surface area (Å²) in [5.74, 6) is 1.16. The van der Waals surface area contributed by atoms with Crippen molar-refractivity contribution in [2.24, 2.45) is 0 Å². The van der Waals surface area contributed by atoms with E-state index in [0.717, 1.165) is 27.4 Å². The fourth-order valence-corrected chi connectivity index (χ4v) is 7.03. The fourth-order valence-electron chi connectivity index (χ4n) is 7.03. The predicted octanol–water partition coefficient (Wildman–Crippen LogP) is 10.5. The van der Waals surface area contributed by atoms with E-state index in [0.29, 0.717) is 39.1 Å². The molecule has 0 saturated carbocycles. The minimum Gasteiger partial charge on any atom is -0.504 e. The molecule has 0 atom stereocenters. The largest absolute Gasteiger partial charge is 0.504 e. The second-order valence-corrected chi connectivity index (χ2v) is 14.5. The quantitative estimate of drug-likeness (QED) is 0.155. The van der Waals surface area contributed by atoms with Crippen LogP contribution in [0.25, 0.3) is 57.5 Å². The van der Waals surface area contributed by atoms with E-state index in [4.69, 9.17) is 14.5 Å². The van der Waals surface area contributed by atoms with E-state index in [1.54, 1.807) is 83.4 Å². The van der Waals surface area contributed by atoms with Crippen molar-refractivity contribution in [3.05, 3.63) is 187 Å². The average molecular weight is 851 g/mol. The molecule has 0 unspecified atom stereocenters. The van der Waals surface area contributed by atoms with Crippen LogP contribution in [-0.2, 0) is 6.18 Å². The molecule has 10 nitrogen and oxygen atoms in total. The molecule has 0 bridgehead atoms. The number of aromatic nitrogens is 4. The Balaban J connectivity index is 0.000000190. The van der Waals surface area contributed by atoms with Gasteiger partial charge in [0, 0.05) is 11.1 Å². The lowest BCUT2D eigenvalue weighted by Crippen LogP contribution is -2.23. The number of halogens is 3. The van der Waals surface area contributed by atoms with Crippen molar-refractivity contribution in [1.29, 1.82) is 0 Å². The Hall–Kier alpha value is -7.93. The summed E-state index contributed by atoms with van der Waals surface area (Å²) in [6.07, 6.45) is 1.88. The lowest BCUT2D eigenvalue weighted by Gasteiger charge is -2.15. The van der Waals surface area contributed by atoms with Gasteiger partial charge in [-0.15, -0.1) is 0 Å². The molecule has 2 N–H and O–H groups in total. The van der Waals surface area contributed by atoms with Crippen LogP contribution in [0.15, 0.2) is 131 Å². The van der Waals surface area contributed by atoms with Gasteiger partial charge in [-0.2, -0.15) is 13.2 Å². The number of alkyl halides is 3. The van der Waals surface area contributed by atoms with E-state index in [1.165, 1.54) is 45.4 Å². The fraction of sp³-hybridized carbons (Fsp3) is 0.120. The first-order valence-electron chi connectivity index (χ1n) is 19.6. The van der Waals surface area contributed by atoms with Gasteiger partial charge in [-0.1, -0.05) is 66.7 Å². The van der Waals surface area contributed by atoms with E-state index in [2.05, 4.69) is 4.98 Å². The van der Waals surface area contributed by atoms with Crippen molar-refractivity contribution in [3.8, 4) is 34.4 Å². The molecular weight excluding hydrogens is 810 g/mol. The standard InChI is InChI=1S/C25H19F3N2O3.C25H22N2O3/c1-15-10-12-17(14-19(15)25(26,27)28)30-22(29-20-8-4-3-7-18(20)24(30)32)13-11-16-6-5-9-21(33-2)23(16)31;1-16-11-12-17(2)21(15-16)27-23(26-20-9-5-4-8-19(20)25(27)29)14-13-18-7-6-10-22(30-3)24(18)28/h3-14,31H,1-2H3;4-15,28H,1-3H3/b13-11+;14-13+. The molecular formula is C50H41F3N4O6. The van der Waals surface area contributed by atoms with E-state index < -0.39 is 17.3 Å². The van der Waals surface area contributed by atoms with Crippen molar-refractivity contribution < 1.29 is 32.9 Å². The van der Waals surface area contributed by atoms with Gasteiger partial charge in [-0.25, -0.2) is 9.97 Å². The molecule has 0 aliphatic heterocycles. The number of methoxy groups -OCH3 is 2. The summed E-state index contributed by atoms with van der Waals surface area (Å²) in [7, 11) is 2.92. The second-order valence-electron chi connectivity index (χ2n) is 14.5. The number of hydrogen-bond acceptors (Lipinski definition) is 8. The SMILES string of the molecule is COc1cccc(/C=C/c2nc3ccccc3c(=O)n2-c2cc(C)ccc2C)c1O.COc1cccc(/C=C/c2nc3ccccc3c(=O)n2-c2ccc(C)c(C(F)(F)F)c2)c1O. The Kier molecular flexibility index (Phi) is 12.3. The third-order valence-corrected chi connectivity index (χ3v) is 10.3. The van der Waals surface area contributed by atoms with E-state index in [1.807, 2.05) is 50.2 Å². The molecule has 6 aromatic carbocycles. The van der Waals surface area contributed by atoms with Crippen LogP contribution < -0.4 is 20.6 Å². The summed E-state index contributed by atoms with van der Waals surface area (Å²) in [6.45, 7) is 5.32. The molecule has 0 amide bonds. The first-order valence-corrected chi connectivity index (χ1v) is 19.6. The number of phenols is 2. The van der Waals surface area contributed by atoms with Crippen LogP contribution in [0.2, 0.25) is 0 Å². The molecule has 0 saturated heterocycles. The number of hydrogen-bond donors (Lipinski definition) is 2. The molecule has 13 heteroatoms. The van der Waals surface area contributed by atoms with Gasteiger partial charge in [-0.05, 0) is 116 Å². The summed E-state index contributed by atoms with van der Waals surface area (Å²) in [5.41, 5.74) is 3.40. The van der Waals surface area contributed by atoms with Gasteiger partial charge < -0.3 is 19.7 Å². The number of rotatable bonds is 8. The van der Waals surface area contributed by atoms with Crippen LogP contribution >= 0.6 is 0 Å². The van der Waals surface area contributed by atoms with Crippen molar-refractivity contribution in [1.82, 2.24) is 19.1 Å². The van der Waals surface area contributed by atoms with Crippen LogP contribution in [0.1, 0.15) is 45.0 Å². The topological polar surface area (TPSA) is 129 Å². The van der Waals surface area contributed by atoms with Crippen LogP contribution in [-0.4, -0.2) is 43.5 Å². The van der Waals surface area contributed by atoms with Gasteiger partial charge in [0.2, 0.25) is 0 Å². The second kappa shape index (κ2) is 18.0. The molecule has 0 aliphatic carbocycles. The van der Waals surface area contributed by atoms with Gasteiger partial charge in [-0.3, -0.25) is 18.7 Å². The molecule has 2 heterocycles. The number of phenolic OH excluding ortho intramolecular Hbond substituents is 2. The van der Waals surface area contributed by atoms with Crippen molar-refractivity contribution >= 4 is 46.1 Å². The Morgan fingerprint density at radius 2 is 1.06 bits per heavy atom. The highest BCUT2D eigenvalue weighted by atomic mass is 19.4. The van der Waals surface area contributed by atoms with Gasteiger partial charge in [0.25, 0.3) is 11.1 Å². The zero-order valence-electron chi connectivity index (χ0n) is 34.8. The molecule has 0 fully saturated rings.